The monoisotopic (exact) mass is 361 g/mol. The summed E-state index contributed by atoms with van der Waals surface area (Å²) in [6, 6.07) is 8.90. The van der Waals surface area contributed by atoms with Gasteiger partial charge in [0.2, 0.25) is 5.91 Å². The summed E-state index contributed by atoms with van der Waals surface area (Å²) >= 11 is 3.42. The van der Waals surface area contributed by atoms with Gasteiger partial charge in [0.25, 0.3) is 5.56 Å². The maximum atomic E-state index is 12.1. The third kappa shape index (κ3) is 3.44. The third-order valence-corrected chi connectivity index (χ3v) is 4.23. The molecule has 1 N–H and O–H groups in total. The fraction of sp³-hybridized carbons (Fsp3) is 0.312. The molecule has 0 bridgehead atoms. The van der Waals surface area contributed by atoms with E-state index in [1.54, 1.807) is 6.07 Å². The molecule has 0 atom stereocenters. The zero-order valence-electron chi connectivity index (χ0n) is 12.2. The highest BCUT2D eigenvalue weighted by atomic mass is 79.9. The van der Waals surface area contributed by atoms with Crippen LogP contribution >= 0.6 is 15.9 Å². The SMILES string of the molecule is Cc1ccc(NC(=O)Cn2nc(C3CC3)ccc2=O)c(Br)c1. The predicted molar refractivity (Wildman–Crippen MR) is 88.0 cm³/mol. The van der Waals surface area contributed by atoms with E-state index in [0.29, 0.717) is 11.6 Å². The Balaban J connectivity index is 1.74. The van der Waals surface area contributed by atoms with E-state index in [4.69, 9.17) is 0 Å². The minimum absolute atomic E-state index is 0.0836. The molecule has 2 aromatic rings. The molecule has 22 heavy (non-hydrogen) atoms. The second kappa shape index (κ2) is 6.04. The fourth-order valence-corrected chi connectivity index (χ4v) is 2.81. The normalized spacial score (nSPS) is 13.9. The number of hydrogen-bond donors (Lipinski definition) is 1. The van der Waals surface area contributed by atoms with Crippen LogP contribution in [0.2, 0.25) is 0 Å². The van der Waals surface area contributed by atoms with Crippen LogP contribution in [0, 0.1) is 6.92 Å². The molecule has 1 saturated carbocycles. The number of aromatic nitrogens is 2. The number of halogens is 1. The molecule has 0 unspecified atom stereocenters. The average Bonchev–Trinajstić information content (AvgIpc) is 3.29. The standard InChI is InChI=1S/C16H16BrN3O2/c1-10-2-5-14(12(17)8-10)18-15(21)9-20-16(22)7-6-13(19-20)11-3-4-11/h2,5-8,11H,3-4,9H2,1H3,(H,18,21). The Labute approximate surface area is 136 Å². The Bertz CT molecular complexity index is 781. The van der Waals surface area contributed by atoms with E-state index in [2.05, 4.69) is 26.3 Å². The summed E-state index contributed by atoms with van der Waals surface area (Å²) in [5.74, 6) is 0.174. The lowest BCUT2D eigenvalue weighted by Crippen LogP contribution is -2.29. The quantitative estimate of drug-likeness (QED) is 0.910. The maximum Gasteiger partial charge on any atom is 0.267 e. The molecule has 0 saturated heterocycles. The topological polar surface area (TPSA) is 64.0 Å². The number of carbonyl (C=O) groups excluding carboxylic acids is 1. The molecular weight excluding hydrogens is 346 g/mol. The molecule has 0 aliphatic heterocycles. The van der Waals surface area contributed by atoms with E-state index in [1.807, 2.05) is 25.1 Å². The molecule has 0 spiro atoms. The smallest absolute Gasteiger partial charge is 0.267 e. The van der Waals surface area contributed by atoms with Gasteiger partial charge in [0.1, 0.15) is 6.54 Å². The number of carbonyl (C=O) groups is 1. The third-order valence-electron chi connectivity index (χ3n) is 3.57. The zero-order chi connectivity index (χ0) is 15.7. The highest BCUT2D eigenvalue weighted by Crippen LogP contribution is 2.38. The number of amides is 1. The second-order valence-corrected chi connectivity index (χ2v) is 6.41. The van der Waals surface area contributed by atoms with E-state index in [1.165, 1.54) is 10.7 Å². The van der Waals surface area contributed by atoms with Crippen molar-refractivity contribution in [1.82, 2.24) is 9.78 Å². The Morgan fingerprint density at radius 1 is 1.36 bits per heavy atom. The van der Waals surface area contributed by atoms with Crippen LogP contribution in [0.4, 0.5) is 5.69 Å². The van der Waals surface area contributed by atoms with Crippen molar-refractivity contribution in [2.75, 3.05) is 5.32 Å². The minimum atomic E-state index is -0.271. The Hall–Kier alpha value is -1.95. The van der Waals surface area contributed by atoms with Crippen molar-refractivity contribution in [3.63, 3.8) is 0 Å². The zero-order valence-corrected chi connectivity index (χ0v) is 13.8. The Morgan fingerprint density at radius 2 is 2.14 bits per heavy atom. The number of rotatable bonds is 4. The molecule has 1 fully saturated rings. The summed E-state index contributed by atoms with van der Waals surface area (Å²) in [7, 11) is 0. The van der Waals surface area contributed by atoms with Gasteiger partial charge in [-0.25, -0.2) is 4.68 Å². The van der Waals surface area contributed by atoms with E-state index in [-0.39, 0.29) is 18.0 Å². The molecule has 0 radical (unpaired) electrons. The van der Waals surface area contributed by atoms with Gasteiger partial charge in [-0.3, -0.25) is 9.59 Å². The number of aryl methyl sites for hydroxylation is 1. The van der Waals surface area contributed by atoms with Gasteiger partial charge < -0.3 is 5.32 Å². The van der Waals surface area contributed by atoms with Crippen molar-refractivity contribution in [1.29, 1.82) is 0 Å². The molecule has 3 rings (SSSR count). The van der Waals surface area contributed by atoms with Crippen molar-refractivity contribution in [3.8, 4) is 0 Å². The Morgan fingerprint density at radius 3 is 2.82 bits per heavy atom. The molecule has 1 aromatic carbocycles. The van der Waals surface area contributed by atoms with Gasteiger partial charge in [-0.05, 0) is 59.5 Å². The van der Waals surface area contributed by atoms with Crippen LogP contribution in [0.3, 0.4) is 0 Å². The van der Waals surface area contributed by atoms with Gasteiger partial charge in [-0.2, -0.15) is 5.10 Å². The Kier molecular flexibility index (Phi) is 4.11. The summed E-state index contributed by atoms with van der Waals surface area (Å²) in [6.07, 6.45) is 2.21. The molecule has 5 nitrogen and oxygen atoms in total. The highest BCUT2D eigenvalue weighted by molar-refractivity contribution is 9.10. The highest BCUT2D eigenvalue weighted by Gasteiger charge is 2.25. The van der Waals surface area contributed by atoms with E-state index in [9.17, 15) is 9.59 Å². The largest absolute Gasteiger partial charge is 0.323 e. The molecule has 114 valence electrons. The van der Waals surface area contributed by atoms with Crippen molar-refractivity contribution in [3.05, 3.63) is 56.4 Å². The van der Waals surface area contributed by atoms with E-state index >= 15 is 0 Å². The van der Waals surface area contributed by atoms with Crippen molar-refractivity contribution in [2.45, 2.75) is 32.2 Å². The molecule has 6 heteroatoms. The molecule has 1 amide bonds. The van der Waals surface area contributed by atoms with Gasteiger partial charge in [0, 0.05) is 16.5 Å². The molecule has 1 aromatic heterocycles. The number of nitrogens with one attached hydrogen (secondary N) is 1. The lowest BCUT2D eigenvalue weighted by Gasteiger charge is -2.09. The molecule has 1 aliphatic carbocycles. The summed E-state index contributed by atoms with van der Waals surface area (Å²) in [5, 5.41) is 7.08. The summed E-state index contributed by atoms with van der Waals surface area (Å²) in [6.45, 7) is 1.89. The van der Waals surface area contributed by atoms with Crippen LogP contribution in [0.1, 0.15) is 30.0 Å². The fourth-order valence-electron chi connectivity index (χ4n) is 2.22. The number of nitrogens with zero attached hydrogens (tertiary/aromatic N) is 2. The summed E-state index contributed by atoms with van der Waals surface area (Å²) in [5.41, 5.74) is 2.41. The number of hydrogen-bond acceptors (Lipinski definition) is 3. The van der Waals surface area contributed by atoms with Crippen LogP contribution in [-0.2, 0) is 11.3 Å². The molecule has 1 aliphatic rings. The van der Waals surface area contributed by atoms with E-state index < -0.39 is 0 Å². The van der Waals surface area contributed by atoms with Gasteiger partial charge >= 0.3 is 0 Å². The number of anilines is 1. The van der Waals surface area contributed by atoms with Gasteiger partial charge in [0.15, 0.2) is 0 Å². The van der Waals surface area contributed by atoms with Crippen LogP contribution in [0.25, 0.3) is 0 Å². The number of benzene rings is 1. The second-order valence-electron chi connectivity index (χ2n) is 5.56. The first-order valence-corrected chi connectivity index (χ1v) is 7.96. The molecule has 1 heterocycles. The van der Waals surface area contributed by atoms with Crippen molar-refractivity contribution in [2.24, 2.45) is 0 Å². The first kappa shape index (κ1) is 15.0. The van der Waals surface area contributed by atoms with Crippen LogP contribution in [0.5, 0.6) is 0 Å². The van der Waals surface area contributed by atoms with Gasteiger partial charge in [-0.15, -0.1) is 0 Å². The van der Waals surface area contributed by atoms with Crippen LogP contribution in [0.15, 0.2) is 39.6 Å². The lowest BCUT2D eigenvalue weighted by molar-refractivity contribution is -0.117. The predicted octanol–water partition coefficient (Wildman–Crippen LogP) is 2.83. The summed E-state index contributed by atoms with van der Waals surface area (Å²) in [4.78, 5) is 24.0. The first-order valence-electron chi connectivity index (χ1n) is 7.17. The van der Waals surface area contributed by atoms with Crippen LogP contribution < -0.4 is 10.9 Å². The first-order chi connectivity index (χ1) is 10.5. The summed E-state index contributed by atoms with van der Waals surface area (Å²) < 4.78 is 2.04. The minimum Gasteiger partial charge on any atom is -0.323 e. The van der Waals surface area contributed by atoms with Gasteiger partial charge in [0.05, 0.1) is 11.4 Å². The van der Waals surface area contributed by atoms with Crippen molar-refractivity contribution < 1.29 is 4.79 Å². The van der Waals surface area contributed by atoms with E-state index in [0.717, 1.165) is 28.6 Å². The maximum absolute atomic E-state index is 12.1. The average molecular weight is 362 g/mol. The van der Waals surface area contributed by atoms with Gasteiger partial charge in [-0.1, -0.05) is 6.07 Å². The van der Waals surface area contributed by atoms with Crippen LogP contribution in [-0.4, -0.2) is 15.7 Å². The lowest BCUT2D eigenvalue weighted by atomic mass is 10.2. The molecular formula is C16H16BrN3O2. The van der Waals surface area contributed by atoms with Crippen molar-refractivity contribution >= 4 is 27.5 Å².